The topological polar surface area (TPSA) is 125 Å². The van der Waals surface area contributed by atoms with Crippen LogP contribution in [0.1, 0.15) is 25.0 Å². The summed E-state index contributed by atoms with van der Waals surface area (Å²) in [4.78, 5) is 37.2. The first kappa shape index (κ1) is 23.6. The van der Waals surface area contributed by atoms with Crippen LogP contribution in [0.5, 0.6) is 0 Å². The van der Waals surface area contributed by atoms with Gasteiger partial charge in [-0.3, -0.25) is 19.2 Å². The maximum atomic E-state index is 12.9. The molecule has 3 N–H and O–H groups in total. The number of benzene rings is 2. The number of nitrogens with zero attached hydrogens (tertiary/aromatic N) is 1. The first-order valence-electron chi connectivity index (χ1n) is 9.64. The van der Waals surface area contributed by atoms with Gasteiger partial charge in [-0.15, -0.1) is 0 Å². The van der Waals surface area contributed by atoms with Gasteiger partial charge in [0.05, 0.1) is 10.7 Å². The van der Waals surface area contributed by atoms with E-state index in [0.29, 0.717) is 5.69 Å². The standard InChI is InChI=1S/C21H23ClN4O5S/c1-12-5-8-16(13(2)9-12)25-32(30,31)17-10-14(6-7-15(17)22)23-18(27)11-26-19(28)21(3,4)24-20(26)29/h5-10,25H,11H2,1-4H3,(H,23,27)(H,24,29). The number of hydrogen-bond donors (Lipinski definition) is 3. The van der Waals surface area contributed by atoms with Crippen molar-refractivity contribution < 1.29 is 22.8 Å². The number of hydrogen-bond acceptors (Lipinski definition) is 5. The molecule has 0 atom stereocenters. The number of carbonyl (C=O) groups is 3. The van der Waals surface area contributed by atoms with E-state index in [0.717, 1.165) is 16.0 Å². The lowest BCUT2D eigenvalue weighted by molar-refractivity contribution is -0.132. The lowest BCUT2D eigenvalue weighted by atomic mass is 10.1. The zero-order chi connectivity index (χ0) is 23.8. The summed E-state index contributed by atoms with van der Waals surface area (Å²) in [6.45, 7) is 6.23. The van der Waals surface area contributed by atoms with Crippen LogP contribution in [0.2, 0.25) is 5.02 Å². The second kappa shape index (κ2) is 8.44. The summed E-state index contributed by atoms with van der Waals surface area (Å²) in [5.41, 5.74) is 1.18. The Balaban J connectivity index is 1.79. The summed E-state index contributed by atoms with van der Waals surface area (Å²) in [6, 6.07) is 8.57. The van der Waals surface area contributed by atoms with Crippen molar-refractivity contribution >= 4 is 50.8 Å². The van der Waals surface area contributed by atoms with Crippen LogP contribution in [0.3, 0.4) is 0 Å². The van der Waals surface area contributed by atoms with Crippen LogP contribution in [0.25, 0.3) is 0 Å². The van der Waals surface area contributed by atoms with E-state index in [4.69, 9.17) is 11.6 Å². The van der Waals surface area contributed by atoms with Crippen LogP contribution < -0.4 is 15.4 Å². The number of urea groups is 1. The molecular weight excluding hydrogens is 456 g/mol. The minimum absolute atomic E-state index is 0.0314. The summed E-state index contributed by atoms with van der Waals surface area (Å²) in [7, 11) is -4.05. The molecule has 4 amide bonds. The van der Waals surface area contributed by atoms with Crippen molar-refractivity contribution in [3.63, 3.8) is 0 Å². The Hall–Kier alpha value is -3.11. The van der Waals surface area contributed by atoms with Gasteiger partial charge in [-0.2, -0.15) is 0 Å². The Labute approximate surface area is 191 Å². The molecule has 0 bridgehead atoms. The molecule has 0 aliphatic carbocycles. The van der Waals surface area contributed by atoms with Gasteiger partial charge in [0.15, 0.2) is 0 Å². The largest absolute Gasteiger partial charge is 0.325 e. The predicted molar refractivity (Wildman–Crippen MR) is 121 cm³/mol. The number of imide groups is 1. The third-order valence-electron chi connectivity index (χ3n) is 4.88. The summed E-state index contributed by atoms with van der Waals surface area (Å²) in [5.74, 6) is -1.20. The van der Waals surface area contributed by atoms with Crippen LogP contribution >= 0.6 is 11.6 Å². The van der Waals surface area contributed by atoms with E-state index >= 15 is 0 Å². The Bertz CT molecular complexity index is 1230. The van der Waals surface area contributed by atoms with Gasteiger partial charge in [0.2, 0.25) is 5.91 Å². The number of halogens is 1. The van der Waals surface area contributed by atoms with Gasteiger partial charge >= 0.3 is 6.03 Å². The van der Waals surface area contributed by atoms with Gasteiger partial charge in [0.1, 0.15) is 17.0 Å². The average molecular weight is 479 g/mol. The highest BCUT2D eigenvalue weighted by Gasteiger charge is 2.44. The quantitative estimate of drug-likeness (QED) is 0.550. The molecule has 2 aromatic rings. The van der Waals surface area contributed by atoms with Gasteiger partial charge in [0.25, 0.3) is 15.9 Å². The first-order valence-corrected chi connectivity index (χ1v) is 11.5. The van der Waals surface area contributed by atoms with E-state index in [2.05, 4.69) is 15.4 Å². The number of anilines is 2. The number of rotatable bonds is 6. The molecule has 0 spiro atoms. The van der Waals surface area contributed by atoms with Crippen molar-refractivity contribution in [2.45, 2.75) is 38.1 Å². The molecule has 9 nitrogen and oxygen atoms in total. The van der Waals surface area contributed by atoms with Crippen LogP contribution in [0.15, 0.2) is 41.3 Å². The molecule has 11 heteroatoms. The fraction of sp³-hybridized carbons (Fsp3) is 0.286. The Morgan fingerprint density at radius 2 is 1.81 bits per heavy atom. The SMILES string of the molecule is Cc1ccc(NS(=O)(=O)c2cc(NC(=O)CN3C(=O)NC(C)(C)C3=O)ccc2Cl)c(C)c1. The van der Waals surface area contributed by atoms with Crippen molar-refractivity contribution in [1.82, 2.24) is 10.2 Å². The zero-order valence-electron chi connectivity index (χ0n) is 17.9. The fourth-order valence-corrected chi connectivity index (χ4v) is 4.88. The van der Waals surface area contributed by atoms with E-state index in [9.17, 15) is 22.8 Å². The molecule has 0 radical (unpaired) electrons. The van der Waals surface area contributed by atoms with Crippen molar-refractivity contribution in [2.24, 2.45) is 0 Å². The molecule has 3 rings (SSSR count). The molecule has 1 fully saturated rings. The van der Waals surface area contributed by atoms with Gasteiger partial charge in [0, 0.05) is 5.69 Å². The molecular formula is C21H23ClN4O5S. The third kappa shape index (κ3) is 4.86. The highest BCUT2D eigenvalue weighted by Crippen LogP contribution is 2.28. The lowest BCUT2D eigenvalue weighted by Crippen LogP contribution is -2.41. The smallest absolute Gasteiger partial charge is 0.324 e. The Kier molecular flexibility index (Phi) is 6.21. The lowest BCUT2D eigenvalue weighted by Gasteiger charge is -2.16. The van der Waals surface area contributed by atoms with Crippen molar-refractivity contribution in [3.8, 4) is 0 Å². The fourth-order valence-electron chi connectivity index (χ4n) is 3.22. The molecule has 1 aliphatic heterocycles. The van der Waals surface area contributed by atoms with E-state index in [1.165, 1.54) is 32.0 Å². The molecule has 1 heterocycles. The maximum absolute atomic E-state index is 12.9. The predicted octanol–water partition coefficient (Wildman–Crippen LogP) is 3.03. The van der Waals surface area contributed by atoms with E-state index in [1.807, 2.05) is 13.0 Å². The Morgan fingerprint density at radius 3 is 2.41 bits per heavy atom. The minimum Gasteiger partial charge on any atom is -0.324 e. The van der Waals surface area contributed by atoms with Crippen LogP contribution in [0, 0.1) is 13.8 Å². The molecule has 32 heavy (non-hydrogen) atoms. The summed E-state index contributed by atoms with van der Waals surface area (Å²) in [6.07, 6.45) is 0. The maximum Gasteiger partial charge on any atom is 0.325 e. The van der Waals surface area contributed by atoms with E-state index < -0.39 is 40.0 Å². The van der Waals surface area contributed by atoms with Gasteiger partial charge in [-0.1, -0.05) is 29.3 Å². The number of sulfonamides is 1. The molecule has 2 aromatic carbocycles. The molecule has 0 unspecified atom stereocenters. The number of nitrogens with one attached hydrogen (secondary N) is 3. The van der Waals surface area contributed by atoms with Crippen molar-refractivity contribution in [1.29, 1.82) is 0 Å². The van der Waals surface area contributed by atoms with E-state index in [-0.39, 0.29) is 15.6 Å². The highest BCUT2D eigenvalue weighted by atomic mass is 35.5. The van der Waals surface area contributed by atoms with E-state index in [1.54, 1.807) is 19.1 Å². The van der Waals surface area contributed by atoms with Crippen LogP contribution in [-0.4, -0.2) is 43.2 Å². The van der Waals surface area contributed by atoms with Gasteiger partial charge in [-0.25, -0.2) is 13.2 Å². The zero-order valence-corrected chi connectivity index (χ0v) is 19.5. The number of carbonyl (C=O) groups excluding carboxylic acids is 3. The molecule has 1 saturated heterocycles. The molecule has 0 saturated carbocycles. The minimum atomic E-state index is -4.05. The highest BCUT2D eigenvalue weighted by molar-refractivity contribution is 7.92. The molecule has 0 aromatic heterocycles. The van der Waals surface area contributed by atoms with Crippen molar-refractivity contribution in [2.75, 3.05) is 16.6 Å². The van der Waals surface area contributed by atoms with Gasteiger partial charge in [-0.05, 0) is 57.5 Å². The first-order chi connectivity index (χ1) is 14.8. The second-order valence-electron chi connectivity index (χ2n) is 8.06. The van der Waals surface area contributed by atoms with Crippen LogP contribution in [-0.2, 0) is 19.6 Å². The normalized spacial score (nSPS) is 15.5. The second-order valence-corrected chi connectivity index (χ2v) is 10.1. The van der Waals surface area contributed by atoms with Crippen molar-refractivity contribution in [3.05, 3.63) is 52.5 Å². The summed E-state index contributed by atoms with van der Waals surface area (Å²) < 4.78 is 28.3. The summed E-state index contributed by atoms with van der Waals surface area (Å²) in [5, 5.41) is 4.95. The van der Waals surface area contributed by atoms with Gasteiger partial charge < -0.3 is 10.6 Å². The number of amides is 4. The third-order valence-corrected chi connectivity index (χ3v) is 6.72. The number of aryl methyl sites for hydroxylation is 2. The average Bonchev–Trinajstić information content (AvgIpc) is 2.87. The monoisotopic (exact) mass is 478 g/mol. The molecule has 1 aliphatic rings. The Morgan fingerprint density at radius 1 is 1.12 bits per heavy atom. The van der Waals surface area contributed by atoms with Crippen LogP contribution in [0.4, 0.5) is 16.2 Å². The summed E-state index contributed by atoms with van der Waals surface area (Å²) >= 11 is 6.12. The molecule has 170 valence electrons.